The highest BCUT2D eigenvalue weighted by atomic mass is 19.1. The van der Waals surface area contributed by atoms with Crippen LogP contribution in [0.5, 0.6) is 0 Å². The molecular weight excluding hydrogens is 236 g/mol. The third kappa shape index (κ3) is 1.69. The molecule has 0 aromatic heterocycles. The summed E-state index contributed by atoms with van der Waals surface area (Å²) in [6.07, 6.45) is 0. The number of nitrogens with zero attached hydrogens (tertiary/aromatic N) is 3. The van der Waals surface area contributed by atoms with Gasteiger partial charge in [0.15, 0.2) is 5.82 Å². The van der Waals surface area contributed by atoms with Crippen molar-refractivity contribution in [3.63, 3.8) is 0 Å². The van der Waals surface area contributed by atoms with Crippen molar-refractivity contribution in [3.8, 4) is 6.07 Å². The first-order valence-corrected chi connectivity index (χ1v) is 5.68. The van der Waals surface area contributed by atoms with E-state index < -0.39 is 11.6 Å². The lowest BCUT2D eigenvalue weighted by molar-refractivity contribution is 0.504. The van der Waals surface area contributed by atoms with Crippen LogP contribution in [0.2, 0.25) is 0 Å². The topological polar surface area (TPSA) is 30.3 Å². The van der Waals surface area contributed by atoms with E-state index in [0.717, 1.165) is 6.07 Å². The molecule has 0 radical (unpaired) electrons. The van der Waals surface area contributed by atoms with E-state index in [9.17, 15) is 8.78 Å². The summed E-state index contributed by atoms with van der Waals surface area (Å²) in [5.74, 6) is -1.20. The highest BCUT2D eigenvalue weighted by molar-refractivity contribution is 5.79. The van der Waals surface area contributed by atoms with Gasteiger partial charge < -0.3 is 9.80 Å². The van der Waals surface area contributed by atoms with Crippen LogP contribution >= 0.6 is 0 Å². The maximum atomic E-state index is 14.3. The number of benzene rings is 1. The van der Waals surface area contributed by atoms with Gasteiger partial charge in [0.25, 0.3) is 0 Å². The fourth-order valence-electron chi connectivity index (χ4n) is 2.19. The van der Waals surface area contributed by atoms with Crippen LogP contribution in [0.3, 0.4) is 0 Å². The monoisotopic (exact) mass is 251 g/mol. The molecule has 0 amide bonds. The number of rotatable bonds is 0. The van der Waals surface area contributed by atoms with E-state index in [0.29, 0.717) is 6.67 Å². The lowest BCUT2D eigenvalue weighted by Gasteiger charge is -2.34. The summed E-state index contributed by atoms with van der Waals surface area (Å²) < 4.78 is 28.2. The van der Waals surface area contributed by atoms with Crippen molar-refractivity contribution in [1.29, 1.82) is 5.26 Å². The number of nitriles is 1. The van der Waals surface area contributed by atoms with E-state index in [2.05, 4.69) is 0 Å². The summed E-state index contributed by atoms with van der Waals surface area (Å²) in [6, 6.07) is 2.65. The second-order valence-electron chi connectivity index (χ2n) is 5.47. The molecule has 0 saturated carbocycles. The lowest BCUT2D eigenvalue weighted by atomic mass is 10.0. The van der Waals surface area contributed by atoms with E-state index in [1.165, 1.54) is 0 Å². The molecule has 1 aromatic rings. The average Bonchev–Trinajstić information content (AvgIpc) is 2.62. The van der Waals surface area contributed by atoms with Gasteiger partial charge in [-0.25, -0.2) is 8.78 Å². The van der Waals surface area contributed by atoms with Gasteiger partial charge in [-0.05, 0) is 26.8 Å². The Hall–Kier alpha value is -1.83. The molecule has 1 aromatic carbocycles. The Kier molecular flexibility index (Phi) is 2.69. The molecule has 0 unspecified atom stereocenters. The van der Waals surface area contributed by atoms with Gasteiger partial charge in [-0.2, -0.15) is 5.26 Å². The zero-order valence-electron chi connectivity index (χ0n) is 10.9. The fourth-order valence-corrected chi connectivity index (χ4v) is 2.19. The Morgan fingerprint density at radius 3 is 2.39 bits per heavy atom. The summed E-state index contributed by atoms with van der Waals surface area (Å²) in [5.41, 5.74) is -0.195. The maximum absolute atomic E-state index is 14.3. The number of anilines is 2. The minimum Gasteiger partial charge on any atom is -0.353 e. The van der Waals surface area contributed by atoms with Gasteiger partial charge in [0.05, 0.1) is 12.2 Å². The minimum absolute atomic E-state index is 0.182. The van der Waals surface area contributed by atoms with Crippen LogP contribution in [-0.2, 0) is 0 Å². The molecule has 1 heterocycles. The van der Waals surface area contributed by atoms with Crippen LogP contribution in [0, 0.1) is 23.0 Å². The predicted octanol–water partition coefficient (Wildman–Crippen LogP) is 2.85. The SMILES string of the molecule is CN1CN(C(C)(C)C)c2c(F)c(C#N)cc(F)c21. The Labute approximate surface area is 105 Å². The third-order valence-electron chi connectivity index (χ3n) is 3.10. The van der Waals surface area contributed by atoms with Gasteiger partial charge in [0.1, 0.15) is 23.3 Å². The molecule has 0 fully saturated rings. The van der Waals surface area contributed by atoms with E-state index in [1.807, 2.05) is 20.8 Å². The van der Waals surface area contributed by atoms with Crippen LogP contribution in [-0.4, -0.2) is 19.3 Å². The van der Waals surface area contributed by atoms with E-state index in [-0.39, 0.29) is 22.5 Å². The van der Waals surface area contributed by atoms with E-state index >= 15 is 0 Å². The van der Waals surface area contributed by atoms with Gasteiger partial charge in [-0.3, -0.25) is 0 Å². The second-order valence-corrected chi connectivity index (χ2v) is 5.47. The van der Waals surface area contributed by atoms with Gasteiger partial charge in [0.2, 0.25) is 0 Å². The minimum atomic E-state index is -0.645. The van der Waals surface area contributed by atoms with Crippen LogP contribution in [0.15, 0.2) is 6.07 Å². The van der Waals surface area contributed by atoms with Crippen molar-refractivity contribution in [1.82, 2.24) is 0 Å². The van der Waals surface area contributed by atoms with Gasteiger partial charge >= 0.3 is 0 Å². The molecular formula is C13H15F2N3. The molecule has 1 aliphatic rings. The molecule has 2 rings (SSSR count). The molecule has 96 valence electrons. The Morgan fingerprint density at radius 1 is 1.28 bits per heavy atom. The molecule has 0 saturated heterocycles. The first-order valence-electron chi connectivity index (χ1n) is 5.68. The molecule has 0 bridgehead atoms. The maximum Gasteiger partial charge on any atom is 0.166 e. The van der Waals surface area contributed by atoms with Crippen molar-refractivity contribution in [3.05, 3.63) is 23.3 Å². The van der Waals surface area contributed by atoms with Crippen molar-refractivity contribution >= 4 is 11.4 Å². The van der Waals surface area contributed by atoms with E-state index in [4.69, 9.17) is 5.26 Å². The van der Waals surface area contributed by atoms with Gasteiger partial charge in [-0.15, -0.1) is 0 Å². The number of fused-ring (bicyclic) bond motifs is 1. The Morgan fingerprint density at radius 2 is 1.89 bits per heavy atom. The van der Waals surface area contributed by atoms with Crippen LogP contribution in [0.25, 0.3) is 0 Å². The van der Waals surface area contributed by atoms with Crippen molar-refractivity contribution in [2.75, 3.05) is 23.5 Å². The zero-order valence-corrected chi connectivity index (χ0v) is 10.9. The van der Waals surface area contributed by atoms with E-state index in [1.54, 1.807) is 22.9 Å². The van der Waals surface area contributed by atoms with Crippen LogP contribution in [0.1, 0.15) is 26.3 Å². The molecule has 0 N–H and O–H groups in total. The number of hydrogen-bond donors (Lipinski definition) is 0. The summed E-state index contributed by atoms with van der Waals surface area (Å²) in [6.45, 7) is 6.17. The normalized spacial score (nSPS) is 14.7. The summed E-state index contributed by atoms with van der Waals surface area (Å²) >= 11 is 0. The summed E-state index contributed by atoms with van der Waals surface area (Å²) in [5, 5.41) is 8.84. The average molecular weight is 251 g/mol. The van der Waals surface area contributed by atoms with Crippen molar-refractivity contribution in [2.45, 2.75) is 26.3 Å². The summed E-state index contributed by atoms with van der Waals surface area (Å²) in [4.78, 5) is 3.42. The molecule has 0 spiro atoms. The third-order valence-corrected chi connectivity index (χ3v) is 3.10. The largest absolute Gasteiger partial charge is 0.353 e. The molecule has 18 heavy (non-hydrogen) atoms. The molecule has 0 aliphatic carbocycles. The Bertz CT molecular complexity index is 541. The van der Waals surface area contributed by atoms with Crippen LogP contribution in [0.4, 0.5) is 20.2 Å². The second kappa shape index (κ2) is 3.84. The molecule has 0 atom stereocenters. The first kappa shape index (κ1) is 12.6. The highest BCUT2D eigenvalue weighted by Gasteiger charge is 2.37. The van der Waals surface area contributed by atoms with Crippen LogP contribution < -0.4 is 9.80 Å². The van der Waals surface area contributed by atoms with Crippen molar-refractivity contribution in [2.24, 2.45) is 0 Å². The Balaban J connectivity index is 2.73. The number of halogens is 2. The smallest absolute Gasteiger partial charge is 0.166 e. The van der Waals surface area contributed by atoms with Crippen molar-refractivity contribution < 1.29 is 8.78 Å². The fraction of sp³-hybridized carbons (Fsp3) is 0.462. The highest BCUT2D eigenvalue weighted by Crippen LogP contribution is 2.43. The quantitative estimate of drug-likeness (QED) is 0.710. The molecule has 5 heteroatoms. The molecule has 1 aliphatic heterocycles. The lowest BCUT2D eigenvalue weighted by Crippen LogP contribution is -2.43. The summed E-state index contributed by atoms with van der Waals surface area (Å²) in [7, 11) is 1.71. The standard InChI is InChI=1S/C13H15F2N3/c1-13(2,3)18-7-17(4)11-9(14)5-8(6-16)10(15)12(11)18/h5H,7H2,1-4H3. The van der Waals surface area contributed by atoms with Gasteiger partial charge in [0, 0.05) is 12.6 Å². The predicted molar refractivity (Wildman–Crippen MR) is 66.6 cm³/mol. The first-order chi connectivity index (χ1) is 8.27. The number of hydrogen-bond acceptors (Lipinski definition) is 3. The van der Waals surface area contributed by atoms with Gasteiger partial charge in [-0.1, -0.05) is 0 Å². The molecule has 3 nitrogen and oxygen atoms in total. The zero-order chi connectivity index (χ0) is 13.7.